The lowest BCUT2D eigenvalue weighted by molar-refractivity contribution is -0.132. The van der Waals surface area contributed by atoms with Crippen LogP contribution in [0, 0.1) is 5.92 Å². The lowest BCUT2D eigenvalue weighted by Crippen LogP contribution is -2.36. The van der Waals surface area contributed by atoms with Crippen LogP contribution in [0.1, 0.15) is 12.0 Å². The minimum absolute atomic E-state index is 0.119. The van der Waals surface area contributed by atoms with Crippen molar-refractivity contribution in [1.82, 2.24) is 5.32 Å². The Kier molecular flexibility index (Phi) is 5.03. The van der Waals surface area contributed by atoms with Crippen LogP contribution in [0.2, 0.25) is 0 Å². The molecule has 1 atom stereocenters. The predicted octanol–water partition coefficient (Wildman–Crippen LogP) is 2.42. The monoisotopic (exact) mass is 337 g/mol. The molecule has 0 radical (unpaired) electrons. The van der Waals surface area contributed by atoms with Gasteiger partial charge in [0.1, 0.15) is 5.92 Å². The van der Waals surface area contributed by atoms with E-state index in [1.54, 1.807) is 4.90 Å². The average molecular weight is 337 g/mol. The first-order valence-electron chi connectivity index (χ1n) is 8.46. The van der Waals surface area contributed by atoms with E-state index in [1.165, 1.54) is 0 Å². The van der Waals surface area contributed by atoms with Crippen LogP contribution >= 0.6 is 0 Å². The molecular weight excluding hydrogens is 314 g/mol. The third kappa shape index (κ3) is 3.82. The van der Waals surface area contributed by atoms with Gasteiger partial charge in [-0.3, -0.25) is 9.59 Å². The first-order chi connectivity index (χ1) is 12.1. The molecule has 5 nitrogen and oxygen atoms in total. The smallest absolute Gasteiger partial charge is 0.239 e. The van der Waals surface area contributed by atoms with E-state index >= 15 is 0 Å². The third-order valence-electron chi connectivity index (χ3n) is 4.51. The summed E-state index contributed by atoms with van der Waals surface area (Å²) in [5.74, 6) is -0.909. The molecule has 0 spiro atoms. The van der Waals surface area contributed by atoms with Crippen molar-refractivity contribution in [3.05, 3.63) is 60.2 Å². The second kappa shape index (κ2) is 7.38. The summed E-state index contributed by atoms with van der Waals surface area (Å²) >= 11 is 0. The van der Waals surface area contributed by atoms with Crippen LogP contribution in [0.25, 0.3) is 0 Å². The molecule has 1 aliphatic rings. The van der Waals surface area contributed by atoms with Gasteiger partial charge in [0.15, 0.2) is 0 Å². The van der Waals surface area contributed by atoms with Crippen LogP contribution < -0.4 is 15.1 Å². The van der Waals surface area contributed by atoms with Crippen molar-refractivity contribution < 1.29 is 9.59 Å². The molecular formula is C20H23N3O2. The molecule has 1 heterocycles. The molecule has 25 heavy (non-hydrogen) atoms. The maximum Gasteiger partial charge on any atom is 0.239 e. The van der Waals surface area contributed by atoms with Crippen LogP contribution in [0.15, 0.2) is 54.6 Å². The summed E-state index contributed by atoms with van der Waals surface area (Å²) in [6.45, 7) is 1.01. The van der Waals surface area contributed by atoms with E-state index in [0.29, 0.717) is 19.5 Å². The van der Waals surface area contributed by atoms with E-state index in [2.05, 4.69) is 5.32 Å². The van der Waals surface area contributed by atoms with Crippen molar-refractivity contribution >= 4 is 23.2 Å². The van der Waals surface area contributed by atoms with Gasteiger partial charge in [0.05, 0.1) is 0 Å². The third-order valence-corrected chi connectivity index (χ3v) is 4.51. The highest BCUT2D eigenvalue weighted by Crippen LogP contribution is 2.25. The zero-order valence-corrected chi connectivity index (χ0v) is 14.6. The van der Waals surface area contributed by atoms with Crippen LogP contribution in [0.5, 0.6) is 0 Å². The van der Waals surface area contributed by atoms with Gasteiger partial charge >= 0.3 is 0 Å². The van der Waals surface area contributed by atoms with Gasteiger partial charge in [-0.1, -0.05) is 30.3 Å². The van der Waals surface area contributed by atoms with E-state index in [9.17, 15) is 9.59 Å². The Hall–Kier alpha value is -2.82. The minimum atomic E-state index is -0.596. The largest absolute Gasteiger partial charge is 0.378 e. The molecule has 0 aliphatic carbocycles. The fourth-order valence-corrected chi connectivity index (χ4v) is 3.01. The highest BCUT2D eigenvalue weighted by atomic mass is 16.2. The highest BCUT2D eigenvalue weighted by molar-refractivity contribution is 6.09. The van der Waals surface area contributed by atoms with E-state index in [1.807, 2.05) is 73.6 Å². The number of amides is 2. The van der Waals surface area contributed by atoms with E-state index < -0.39 is 5.92 Å². The van der Waals surface area contributed by atoms with Gasteiger partial charge in [-0.15, -0.1) is 0 Å². The SMILES string of the molecule is CN(C)c1ccc(CNC(=O)C2CCN(c3ccccc3)C2=O)cc1. The maximum absolute atomic E-state index is 12.5. The number of benzene rings is 2. The molecule has 1 saturated heterocycles. The lowest BCUT2D eigenvalue weighted by atomic mass is 10.1. The molecule has 2 aromatic carbocycles. The van der Waals surface area contributed by atoms with Gasteiger partial charge in [-0.05, 0) is 36.2 Å². The molecule has 0 saturated carbocycles. The van der Waals surface area contributed by atoms with E-state index in [0.717, 1.165) is 16.9 Å². The van der Waals surface area contributed by atoms with Crippen molar-refractivity contribution in [2.75, 3.05) is 30.4 Å². The van der Waals surface area contributed by atoms with Crippen LogP contribution in [0.3, 0.4) is 0 Å². The Bertz CT molecular complexity index is 741. The standard InChI is InChI=1S/C20H23N3O2/c1-22(2)16-10-8-15(9-11-16)14-21-19(24)18-12-13-23(20(18)25)17-6-4-3-5-7-17/h3-11,18H,12-14H2,1-2H3,(H,21,24). The number of rotatable bonds is 5. The van der Waals surface area contributed by atoms with Gasteiger partial charge in [0, 0.05) is 38.6 Å². The molecule has 1 unspecified atom stereocenters. The second-order valence-corrected chi connectivity index (χ2v) is 6.45. The predicted molar refractivity (Wildman–Crippen MR) is 99.5 cm³/mol. The summed E-state index contributed by atoms with van der Waals surface area (Å²) in [6, 6.07) is 17.5. The number of carbonyl (C=O) groups is 2. The Morgan fingerprint density at radius 3 is 2.44 bits per heavy atom. The van der Waals surface area contributed by atoms with Gasteiger partial charge in [0.2, 0.25) is 11.8 Å². The Labute approximate surface area is 148 Å². The highest BCUT2D eigenvalue weighted by Gasteiger charge is 2.37. The summed E-state index contributed by atoms with van der Waals surface area (Å²) in [5, 5.41) is 2.89. The Balaban J connectivity index is 1.58. The fourth-order valence-electron chi connectivity index (χ4n) is 3.01. The number of hydrogen-bond donors (Lipinski definition) is 1. The van der Waals surface area contributed by atoms with E-state index in [-0.39, 0.29) is 11.8 Å². The molecule has 1 aliphatic heterocycles. The number of anilines is 2. The van der Waals surface area contributed by atoms with Crippen molar-refractivity contribution in [2.45, 2.75) is 13.0 Å². The zero-order chi connectivity index (χ0) is 17.8. The number of nitrogens with zero attached hydrogens (tertiary/aromatic N) is 2. The Morgan fingerprint density at radius 1 is 1.12 bits per heavy atom. The molecule has 2 aromatic rings. The van der Waals surface area contributed by atoms with Gasteiger partial charge in [-0.2, -0.15) is 0 Å². The summed E-state index contributed by atoms with van der Waals surface area (Å²) in [4.78, 5) is 28.7. The number of hydrogen-bond acceptors (Lipinski definition) is 3. The fraction of sp³-hybridized carbons (Fsp3) is 0.300. The quantitative estimate of drug-likeness (QED) is 0.853. The van der Waals surface area contributed by atoms with Crippen molar-refractivity contribution in [3.8, 4) is 0 Å². The molecule has 0 aromatic heterocycles. The minimum Gasteiger partial charge on any atom is -0.378 e. The molecule has 3 rings (SSSR count). The number of para-hydroxylation sites is 1. The summed E-state index contributed by atoms with van der Waals surface area (Å²) in [7, 11) is 3.97. The summed E-state index contributed by atoms with van der Waals surface area (Å²) in [5.41, 5.74) is 2.98. The van der Waals surface area contributed by atoms with Crippen LogP contribution in [0.4, 0.5) is 11.4 Å². The first kappa shape index (κ1) is 17.0. The molecule has 2 amide bonds. The topological polar surface area (TPSA) is 52.7 Å². The number of carbonyl (C=O) groups excluding carboxylic acids is 2. The molecule has 5 heteroatoms. The summed E-state index contributed by atoms with van der Waals surface area (Å²) < 4.78 is 0. The Morgan fingerprint density at radius 2 is 1.80 bits per heavy atom. The van der Waals surface area contributed by atoms with Crippen molar-refractivity contribution in [2.24, 2.45) is 5.92 Å². The molecule has 1 N–H and O–H groups in total. The van der Waals surface area contributed by atoms with Gasteiger partial charge < -0.3 is 15.1 Å². The second-order valence-electron chi connectivity index (χ2n) is 6.45. The maximum atomic E-state index is 12.5. The first-order valence-corrected chi connectivity index (χ1v) is 8.46. The molecule has 1 fully saturated rings. The van der Waals surface area contributed by atoms with E-state index in [4.69, 9.17) is 0 Å². The van der Waals surface area contributed by atoms with Crippen molar-refractivity contribution in [3.63, 3.8) is 0 Å². The van der Waals surface area contributed by atoms with Crippen LogP contribution in [-0.4, -0.2) is 32.5 Å². The van der Waals surface area contributed by atoms with Gasteiger partial charge in [-0.25, -0.2) is 0 Å². The number of nitrogens with one attached hydrogen (secondary N) is 1. The van der Waals surface area contributed by atoms with Crippen LogP contribution in [-0.2, 0) is 16.1 Å². The lowest BCUT2D eigenvalue weighted by Gasteiger charge is -2.16. The summed E-state index contributed by atoms with van der Waals surface area (Å²) in [6.07, 6.45) is 0.555. The molecule has 130 valence electrons. The van der Waals surface area contributed by atoms with Gasteiger partial charge in [0.25, 0.3) is 0 Å². The van der Waals surface area contributed by atoms with Crippen molar-refractivity contribution in [1.29, 1.82) is 0 Å². The average Bonchev–Trinajstić information content (AvgIpc) is 3.02. The zero-order valence-electron chi connectivity index (χ0n) is 14.6. The normalized spacial score (nSPS) is 16.8. The molecule has 0 bridgehead atoms.